The van der Waals surface area contributed by atoms with E-state index in [4.69, 9.17) is 5.73 Å². The van der Waals surface area contributed by atoms with Crippen LogP contribution in [0.15, 0.2) is 30.3 Å². The van der Waals surface area contributed by atoms with Crippen molar-refractivity contribution in [2.75, 3.05) is 13.6 Å². The van der Waals surface area contributed by atoms with Crippen LogP contribution in [0.3, 0.4) is 0 Å². The van der Waals surface area contributed by atoms with Gasteiger partial charge in [0.15, 0.2) is 0 Å². The van der Waals surface area contributed by atoms with Gasteiger partial charge < -0.3 is 16.4 Å². The van der Waals surface area contributed by atoms with Crippen LogP contribution >= 0.6 is 0 Å². The number of hydrogen-bond donors (Lipinski definition) is 3. The monoisotopic (exact) mass is 388 g/mol. The second-order valence-electron chi connectivity index (χ2n) is 8.85. The number of carbonyl (C=O) groups excluding carboxylic acids is 3. The van der Waals surface area contributed by atoms with Crippen molar-refractivity contribution in [2.24, 2.45) is 11.1 Å². The van der Waals surface area contributed by atoms with E-state index in [9.17, 15) is 14.4 Å². The molecule has 7 nitrogen and oxygen atoms in total. The topological polar surface area (TPSA) is 105 Å². The Labute approximate surface area is 167 Å². The summed E-state index contributed by atoms with van der Waals surface area (Å²) < 4.78 is 0. The van der Waals surface area contributed by atoms with Crippen molar-refractivity contribution in [3.8, 4) is 0 Å². The lowest BCUT2D eigenvalue weighted by molar-refractivity contribution is -0.130. The zero-order chi connectivity index (χ0) is 20.9. The number of carbonyl (C=O) groups is 3. The molecule has 1 aliphatic heterocycles. The smallest absolute Gasteiger partial charge is 0.240 e. The van der Waals surface area contributed by atoms with Crippen molar-refractivity contribution in [3.05, 3.63) is 35.9 Å². The standard InChI is InChI=1S/C21H32N4O3/c1-21(2,3)12-18(26)23-15-11-17(25(4)13-15)20(28)24-16(19(22)27)10-14-8-6-5-7-9-14/h5-9,15-17H,10-13H2,1-4H3,(H2,22,27)(H,23,26)(H,24,28)/t15-,16-,17-/m0/s1. The Kier molecular flexibility index (Phi) is 7.18. The highest BCUT2D eigenvalue weighted by molar-refractivity contribution is 5.89. The number of nitrogens with two attached hydrogens (primary N) is 1. The average Bonchev–Trinajstić information content (AvgIpc) is 2.93. The van der Waals surface area contributed by atoms with Gasteiger partial charge in [-0.1, -0.05) is 51.1 Å². The van der Waals surface area contributed by atoms with Gasteiger partial charge in [0.1, 0.15) is 6.04 Å². The Morgan fingerprint density at radius 3 is 2.43 bits per heavy atom. The summed E-state index contributed by atoms with van der Waals surface area (Å²) in [6.07, 6.45) is 1.30. The van der Waals surface area contributed by atoms with Crippen LogP contribution in [0.25, 0.3) is 0 Å². The fourth-order valence-corrected chi connectivity index (χ4v) is 3.51. The molecule has 0 radical (unpaired) electrons. The average molecular weight is 389 g/mol. The molecule has 1 aromatic rings. The van der Waals surface area contributed by atoms with Crippen molar-refractivity contribution < 1.29 is 14.4 Å². The first kappa shape index (κ1) is 21.9. The van der Waals surface area contributed by atoms with Crippen LogP contribution in [0, 0.1) is 5.41 Å². The highest BCUT2D eigenvalue weighted by atomic mass is 16.2. The number of rotatable bonds is 7. The fraction of sp³-hybridized carbons (Fsp3) is 0.571. The maximum atomic E-state index is 12.7. The first-order chi connectivity index (χ1) is 13.0. The molecule has 154 valence electrons. The van der Waals surface area contributed by atoms with Crippen LogP contribution < -0.4 is 16.4 Å². The third-order valence-corrected chi connectivity index (χ3v) is 4.85. The van der Waals surface area contributed by atoms with Crippen LogP contribution in [0.2, 0.25) is 0 Å². The van der Waals surface area contributed by atoms with Crippen molar-refractivity contribution in [2.45, 2.75) is 58.2 Å². The van der Waals surface area contributed by atoms with Crippen LogP contribution in [-0.4, -0.2) is 54.3 Å². The molecule has 3 atom stereocenters. The molecule has 2 rings (SSSR count). The van der Waals surface area contributed by atoms with E-state index in [0.29, 0.717) is 25.8 Å². The zero-order valence-corrected chi connectivity index (χ0v) is 17.2. The summed E-state index contributed by atoms with van der Waals surface area (Å²) in [5.74, 6) is -0.811. The quantitative estimate of drug-likeness (QED) is 0.643. The summed E-state index contributed by atoms with van der Waals surface area (Å²) in [6.45, 7) is 6.63. The van der Waals surface area contributed by atoms with Gasteiger partial charge in [0.25, 0.3) is 0 Å². The lowest BCUT2D eigenvalue weighted by Crippen LogP contribution is -2.51. The molecule has 1 heterocycles. The molecular weight excluding hydrogens is 356 g/mol. The van der Waals surface area contributed by atoms with E-state index in [2.05, 4.69) is 10.6 Å². The lowest BCUT2D eigenvalue weighted by atomic mass is 9.92. The third kappa shape index (κ3) is 6.64. The molecule has 1 aromatic carbocycles. The fourth-order valence-electron chi connectivity index (χ4n) is 3.51. The number of amides is 3. The Bertz CT molecular complexity index is 699. The second kappa shape index (κ2) is 9.19. The molecule has 1 aliphatic rings. The molecule has 0 spiro atoms. The number of primary amides is 1. The van der Waals surface area contributed by atoms with Gasteiger partial charge in [-0.15, -0.1) is 0 Å². The number of hydrogen-bond acceptors (Lipinski definition) is 4. The summed E-state index contributed by atoms with van der Waals surface area (Å²) in [5.41, 5.74) is 6.34. The minimum absolute atomic E-state index is 0.00829. The van der Waals surface area contributed by atoms with E-state index < -0.39 is 18.0 Å². The molecule has 7 heteroatoms. The van der Waals surface area contributed by atoms with E-state index in [-0.39, 0.29) is 23.3 Å². The molecular formula is C21H32N4O3. The van der Waals surface area contributed by atoms with E-state index in [1.807, 2.05) is 63.1 Å². The Balaban J connectivity index is 1.93. The molecule has 3 amide bonds. The van der Waals surface area contributed by atoms with Crippen molar-refractivity contribution >= 4 is 17.7 Å². The normalized spacial score (nSPS) is 21.1. The first-order valence-corrected chi connectivity index (χ1v) is 9.68. The maximum absolute atomic E-state index is 12.7. The minimum atomic E-state index is -0.766. The molecule has 4 N–H and O–H groups in total. The van der Waals surface area contributed by atoms with Crippen molar-refractivity contribution in [1.82, 2.24) is 15.5 Å². The number of benzene rings is 1. The maximum Gasteiger partial charge on any atom is 0.240 e. The van der Waals surface area contributed by atoms with E-state index in [0.717, 1.165) is 5.56 Å². The number of likely N-dealkylation sites (tertiary alicyclic amines) is 1. The van der Waals surface area contributed by atoms with Crippen LogP contribution in [0.4, 0.5) is 0 Å². The SMILES string of the molecule is CN1C[C@@H](NC(=O)CC(C)(C)C)C[C@H]1C(=O)N[C@@H](Cc1ccccc1)C(N)=O. The number of likely N-dealkylation sites (N-methyl/N-ethyl adjacent to an activating group) is 1. The summed E-state index contributed by atoms with van der Waals surface area (Å²) >= 11 is 0. The molecule has 0 bridgehead atoms. The lowest BCUT2D eigenvalue weighted by Gasteiger charge is -2.22. The Hall–Kier alpha value is -2.41. The summed E-state index contributed by atoms with van der Waals surface area (Å²) in [5, 5.41) is 5.80. The van der Waals surface area contributed by atoms with Gasteiger partial charge in [0.05, 0.1) is 6.04 Å². The van der Waals surface area contributed by atoms with E-state index in [1.165, 1.54) is 0 Å². The molecule has 0 aliphatic carbocycles. The molecule has 0 unspecified atom stereocenters. The van der Waals surface area contributed by atoms with Gasteiger partial charge in [-0.05, 0) is 24.4 Å². The van der Waals surface area contributed by atoms with Gasteiger partial charge in [-0.2, -0.15) is 0 Å². The summed E-state index contributed by atoms with van der Waals surface area (Å²) in [4.78, 5) is 38.6. The number of nitrogens with zero attached hydrogens (tertiary/aromatic N) is 1. The van der Waals surface area contributed by atoms with Gasteiger partial charge in [-0.3, -0.25) is 19.3 Å². The van der Waals surface area contributed by atoms with Gasteiger partial charge in [-0.25, -0.2) is 0 Å². The first-order valence-electron chi connectivity index (χ1n) is 9.68. The van der Waals surface area contributed by atoms with Gasteiger partial charge in [0, 0.05) is 25.4 Å². The molecule has 1 saturated heterocycles. The van der Waals surface area contributed by atoms with E-state index >= 15 is 0 Å². The van der Waals surface area contributed by atoms with Gasteiger partial charge in [0.2, 0.25) is 17.7 Å². The zero-order valence-electron chi connectivity index (χ0n) is 17.2. The largest absolute Gasteiger partial charge is 0.368 e. The predicted molar refractivity (Wildman–Crippen MR) is 108 cm³/mol. The third-order valence-electron chi connectivity index (χ3n) is 4.85. The van der Waals surface area contributed by atoms with Crippen LogP contribution in [-0.2, 0) is 20.8 Å². The summed E-state index contributed by atoms with van der Waals surface area (Å²) in [7, 11) is 1.84. The minimum Gasteiger partial charge on any atom is -0.368 e. The highest BCUT2D eigenvalue weighted by Crippen LogP contribution is 2.20. The summed E-state index contributed by atoms with van der Waals surface area (Å²) in [6, 6.07) is 8.18. The highest BCUT2D eigenvalue weighted by Gasteiger charge is 2.36. The number of nitrogens with one attached hydrogen (secondary N) is 2. The molecule has 1 fully saturated rings. The van der Waals surface area contributed by atoms with Crippen LogP contribution in [0.1, 0.15) is 39.2 Å². The molecule has 28 heavy (non-hydrogen) atoms. The second-order valence-corrected chi connectivity index (χ2v) is 8.85. The van der Waals surface area contributed by atoms with Crippen molar-refractivity contribution in [3.63, 3.8) is 0 Å². The Morgan fingerprint density at radius 2 is 1.86 bits per heavy atom. The van der Waals surface area contributed by atoms with Crippen LogP contribution in [0.5, 0.6) is 0 Å². The van der Waals surface area contributed by atoms with Crippen molar-refractivity contribution in [1.29, 1.82) is 0 Å². The Morgan fingerprint density at radius 1 is 1.21 bits per heavy atom. The molecule has 0 aromatic heterocycles. The van der Waals surface area contributed by atoms with Gasteiger partial charge >= 0.3 is 0 Å². The predicted octanol–water partition coefficient (Wildman–Crippen LogP) is 0.824. The molecule has 0 saturated carbocycles. The van der Waals surface area contributed by atoms with E-state index in [1.54, 1.807) is 0 Å².